The Balaban J connectivity index is 2.02. The predicted octanol–water partition coefficient (Wildman–Crippen LogP) is 1.79. The van der Waals surface area contributed by atoms with E-state index in [1.807, 2.05) is 10.8 Å². The van der Waals surface area contributed by atoms with E-state index in [1.165, 1.54) is 0 Å². The van der Waals surface area contributed by atoms with E-state index in [-0.39, 0.29) is 11.2 Å². The Kier molecular flexibility index (Phi) is 2.45. The fraction of sp³-hybridized carbons (Fsp3) is 0. The molecule has 0 atom stereocenters. The first-order valence-electron chi connectivity index (χ1n) is 6.35. The molecule has 2 aromatic carbocycles. The molecule has 1 heterocycles. The first kappa shape index (κ1) is 13.0. The molecule has 0 unspecified atom stereocenters. The molecule has 0 aliphatic heterocycles. The van der Waals surface area contributed by atoms with Gasteiger partial charge < -0.3 is 0 Å². The van der Waals surface area contributed by atoms with Crippen LogP contribution in [-0.2, 0) is 10.3 Å². The van der Waals surface area contributed by atoms with Crippen LogP contribution in [0.1, 0.15) is 0 Å². The second-order valence-corrected chi connectivity index (χ2v) is 6.12. The van der Waals surface area contributed by atoms with E-state index in [4.69, 9.17) is 4.55 Å². The second-order valence-electron chi connectivity index (χ2n) is 4.97. The number of hydrogen-bond acceptors (Lipinski definition) is 4. The molecule has 0 fully saturated rings. The molecule has 3 N–H and O–H groups in total. The summed E-state index contributed by atoms with van der Waals surface area (Å²) in [6, 6.07) is 10.2. The van der Waals surface area contributed by atoms with Crippen molar-refractivity contribution < 1.29 is 13.0 Å². The highest BCUT2D eigenvalue weighted by atomic mass is 32.2. The van der Waals surface area contributed by atoms with Gasteiger partial charge in [-0.05, 0) is 29.3 Å². The Morgan fingerprint density at radius 2 is 1.91 bits per heavy atom. The van der Waals surface area contributed by atoms with E-state index < -0.39 is 10.3 Å². The van der Waals surface area contributed by atoms with Gasteiger partial charge >= 0.3 is 10.3 Å². The quantitative estimate of drug-likeness (QED) is 0.488. The summed E-state index contributed by atoms with van der Waals surface area (Å²) in [7, 11) is -4.35. The minimum absolute atomic E-state index is 0.218. The monoisotopic (exact) mass is 315 g/mol. The molecule has 4 rings (SSSR count). The molecule has 0 amide bonds. The van der Waals surface area contributed by atoms with Crippen LogP contribution in [0, 0.1) is 0 Å². The topological polar surface area (TPSA) is 112 Å². The number of benzene rings is 2. The number of anilines is 1. The summed E-state index contributed by atoms with van der Waals surface area (Å²) in [4.78, 5) is 11.9. The Hall–Kier alpha value is -2.71. The highest BCUT2D eigenvalue weighted by Crippen LogP contribution is 2.45. The predicted molar refractivity (Wildman–Crippen MR) is 82.0 cm³/mol. The lowest BCUT2D eigenvalue weighted by molar-refractivity contribution is 0.490. The van der Waals surface area contributed by atoms with Gasteiger partial charge in [0.25, 0.3) is 5.56 Å². The summed E-state index contributed by atoms with van der Waals surface area (Å²) in [6.07, 6.45) is 0. The van der Waals surface area contributed by atoms with Gasteiger partial charge in [0.2, 0.25) is 0 Å². The number of aromatic nitrogens is 2. The SMILES string of the molecule is O=c1[nH]nc2c3c(cccc13)-c1ccc(NS(=O)(=O)O)cc1-2. The molecule has 3 aromatic rings. The van der Waals surface area contributed by atoms with Crippen molar-refractivity contribution in [3.05, 3.63) is 46.8 Å². The first-order valence-corrected chi connectivity index (χ1v) is 7.79. The second kappa shape index (κ2) is 4.15. The number of rotatable bonds is 2. The van der Waals surface area contributed by atoms with Gasteiger partial charge in [-0.3, -0.25) is 14.1 Å². The molecule has 22 heavy (non-hydrogen) atoms. The summed E-state index contributed by atoms with van der Waals surface area (Å²) in [6.45, 7) is 0. The molecule has 1 aromatic heterocycles. The number of aromatic amines is 1. The molecule has 0 radical (unpaired) electrons. The fourth-order valence-corrected chi connectivity index (χ4v) is 3.25. The Bertz CT molecular complexity index is 1100. The molecular weight excluding hydrogens is 306 g/mol. The van der Waals surface area contributed by atoms with Crippen molar-refractivity contribution in [2.45, 2.75) is 0 Å². The van der Waals surface area contributed by atoms with Crippen molar-refractivity contribution in [2.24, 2.45) is 0 Å². The molecular formula is C14H9N3O4S. The first-order chi connectivity index (χ1) is 10.4. The summed E-state index contributed by atoms with van der Waals surface area (Å²) < 4.78 is 32.8. The summed E-state index contributed by atoms with van der Waals surface area (Å²) >= 11 is 0. The number of nitrogens with one attached hydrogen (secondary N) is 2. The zero-order valence-corrected chi connectivity index (χ0v) is 11.8. The van der Waals surface area contributed by atoms with Gasteiger partial charge in [0.15, 0.2) is 0 Å². The van der Waals surface area contributed by atoms with Gasteiger partial charge in [0, 0.05) is 10.9 Å². The third kappa shape index (κ3) is 1.81. The zero-order valence-electron chi connectivity index (χ0n) is 11.0. The largest absolute Gasteiger partial charge is 0.357 e. The molecule has 1 aliphatic rings. The third-order valence-electron chi connectivity index (χ3n) is 3.63. The van der Waals surface area contributed by atoms with Crippen LogP contribution in [0.2, 0.25) is 0 Å². The van der Waals surface area contributed by atoms with Crippen molar-refractivity contribution in [2.75, 3.05) is 4.72 Å². The normalized spacial score (nSPS) is 12.4. The lowest BCUT2D eigenvalue weighted by Gasteiger charge is -2.06. The molecule has 110 valence electrons. The number of fused-ring (bicyclic) bond motifs is 3. The summed E-state index contributed by atoms with van der Waals surface area (Å²) in [5, 5.41) is 7.79. The maximum atomic E-state index is 11.9. The zero-order chi connectivity index (χ0) is 15.5. The van der Waals surface area contributed by atoms with Crippen LogP contribution < -0.4 is 10.3 Å². The van der Waals surface area contributed by atoms with Crippen LogP contribution in [-0.4, -0.2) is 23.2 Å². The lowest BCUT2D eigenvalue weighted by Crippen LogP contribution is -2.10. The van der Waals surface area contributed by atoms with Crippen molar-refractivity contribution >= 4 is 26.8 Å². The van der Waals surface area contributed by atoms with Gasteiger partial charge in [-0.15, -0.1) is 0 Å². The van der Waals surface area contributed by atoms with Crippen LogP contribution in [0.15, 0.2) is 41.2 Å². The van der Waals surface area contributed by atoms with E-state index >= 15 is 0 Å². The van der Waals surface area contributed by atoms with Crippen LogP contribution in [0.5, 0.6) is 0 Å². The summed E-state index contributed by atoms with van der Waals surface area (Å²) in [5.41, 5.74) is 2.95. The highest BCUT2D eigenvalue weighted by molar-refractivity contribution is 7.87. The number of hydrogen-bond donors (Lipinski definition) is 3. The molecule has 0 saturated heterocycles. The van der Waals surface area contributed by atoms with Gasteiger partial charge in [-0.1, -0.05) is 18.2 Å². The Labute approximate surface area is 124 Å². The smallest absolute Gasteiger partial charge is 0.269 e. The van der Waals surface area contributed by atoms with Gasteiger partial charge in [-0.25, -0.2) is 5.10 Å². The van der Waals surface area contributed by atoms with Gasteiger partial charge in [-0.2, -0.15) is 13.5 Å². The minimum Gasteiger partial charge on any atom is -0.269 e. The van der Waals surface area contributed by atoms with Crippen molar-refractivity contribution in [1.29, 1.82) is 0 Å². The fourth-order valence-electron chi connectivity index (χ4n) is 2.83. The molecule has 1 aliphatic carbocycles. The Morgan fingerprint density at radius 1 is 1.09 bits per heavy atom. The standard InChI is InChI=1S/C14H9N3O4S/c18-14-10-3-1-2-9-8-5-4-7(17-22(19,20)21)6-11(8)13(12(9)10)15-16-14/h1-6,17H,(H,16,18)(H,19,20,21). The number of H-pyrrole nitrogens is 1. The van der Waals surface area contributed by atoms with Gasteiger partial charge in [0.1, 0.15) is 0 Å². The van der Waals surface area contributed by atoms with E-state index in [0.29, 0.717) is 16.6 Å². The molecule has 0 bridgehead atoms. The minimum atomic E-state index is -4.35. The lowest BCUT2D eigenvalue weighted by atomic mass is 10.0. The highest BCUT2D eigenvalue weighted by Gasteiger charge is 2.24. The van der Waals surface area contributed by atoms with Crippen molar-refractivity contribution in [3.8, 4) is 22.4 Å². The molecule has 0 saturated carbocycles. The maximum Gasteiger partial charge on any atom is 0.357 e. The molecule has 7 nitrogen and oxygen atoms in total. The average molecular weight is 315 g/mol. The Morgan fingerprint density at radius 3 is 2.68 bits per heavy atom. The van der Waals surface area contributed by atoms with E-state index in [9.17, 15) is 13.2 Å². The average Bonchev–Trinajstić information content (AvgIpc) is 2.76. The molecule has 8 heteroatoms. The van der Waals surface area contributed by atoms with E-state index in [2.05, 4.69) is 10.2 Å². The van der Waals surface area contributed by atoms with E-state index in [0.717, 1.165) is 16.5 Å². The van der Waals surface area contributed by atoms with Gasteiger partial charge in [0.05, 0.1) is 16.8 Å². The summed E-state index contributed by atoms with van der Waals surface area (Å²) in [5.74, 6) is 0. The van der Waals surface area contributed by atoms with Crippen molar-refractivity contribution in [1.82, 2.24) is 10.2 Å². The van der Waals surface area contributed by atoms with Crippen LogP contribution >= 0.6 is 0 Å². The van der Waals surface area contributed by atoms with Crippen LogP contribution in [0.3, 0.4) is 0 Å². The van der Waals surface area contributed by atoms with E-state index in [1.54, 1.807) is 30.3 Å². The van der Waals surface area contributed by atoms with Crippen LogP contribution in [0.4, 0.5) is 5.69 Å². The van der Waals surface area contributed by atoms with Crippen molar-refractivity contribution in [3.63, 3.8) is 0 Å². The van der Waals surface area contributed by atoms with Crippen LogP contribution in [0.25, 0.3) is 33.2 Å². The molecule has 0 spiro atoms. The third-order valence-corrected chi connectivity index (χ3v) is 4.12. The maximum absolute atomic E-state index is 11.9. The number of nitrogens with zero attached hydrogens (tertiary/aromatic N) is 1.